The average molecular weight is 290 g/mol. The highest BCUT2D eigenvalue weighted by atomic mass is 19.1. The normalized spacial score (nSPS) is 9.81. The molecule has 0 aliphatic rings. The molecule has 0 atom stereocenters. The van der Waals surface area contributed by atoms with Crippen molar-refractivity contribution in [2.24, 2.45) is 10.8 Å². The highest BCUT2D eigenvalue weighted by Crippen LogP contribution is 2.36. The van der Waals surface area contributed by atoms with Crippen LogP contribution >= 0.6 is 0 Å². The molecule has 2 rings (SSSR count). The van der Waals surface area contributed by atoms with Crippen molar-refractivity contribution in [3.8, 4) is 16.9 Å². The number of primary amides is 1. The van der Waals surface area contributed by atoms with Gasteiger partial charge in [0.1, 0.15) is 17.4 Å². The number of hydrogen-bond acceptors (Lipinski definition) is 3. The maximum Gasteiger partial charge on any atom is 0.409 e. The molecule has 2 N–H and O–H groups in total. The molecule has 0 aromatic heterocycles. The van der Waals surface area contributed by atoms with Crippen LogP contribution in [0.4, 0.5) is 19.3 Å². The molecular formula is C13H8F2N4O2. The Kier molecular flexibility index (Phi) is 4.01. The predicted molar refractivity (Wildman–Crippen MR) is 70.8 cm³/mol. The molecule has 0 aliphatic carbocycles. The zero-order valence-corrected chi connectivity index (χ0v) is 10.5. The van der Waals surface area contributed by atoms with Crippen molar-refractivity contribution in [2.45, 2.75) is 0 Å². The van der Waals surface area contributed by atoms with Crippen molar-refractivity contribution in [2.75, 3.05) is 0 Å². The number of hydrogen-bond donors (Lipinski definition) is 1. The van der Waals surface area contributed by atoms with Gasteiger partial charge in [0.25, 0.3) is 0 Å². The van der Waals surface area contributed by atoms with Crippen LogP contribution in [0.5, 0.6) is 5.75 Å². The fraction of sp³-hybridized carbons (Fsp3) is 0. The molecule has 0 fully saturated rings. The van der Waals surface area contributed by atoms with E-state index in [9.17, 15) is 13.6 Å². The van der Waals surface area contributed by atoms with E-state index < -0.39 is 17.7 Å². The van der Waals surface area contributed by atoms with Gasteiger partial charge in [0.2, 0.25) is 0 Å². The maximum absolute atomic E-state index is 14.0. The smallest absolute Gasteiger partial charge is 0.409 e. The summed E-state index contributed by atoms with van der Waals surface area (Å²) in [6.45, 7) is 0. The van der Waals surface area contributed by atoms with Crippen LogP contribution in [0, 0.1) is 11.6 Å². The van der Waals surface area contributed by atoms with E-state index in [-0.39, 0.29) is 22.6 Å². The standard InChI is InChI=1S/C13H8F2N4O2/c14-9-4-2-1-3-7(9)8-5-12(21-13(16)20)11(18-19-17)6-10(8)15/h1-6H,(H2,16,20). The molecule has 0 spiro atoms. The summed E-state index contributed by atoms with van der Waals surface area (Å²) in [5, 5.41) is 3.19. The number of azide groups is 1. The Hall–Kier alpha value is -3.12. The Morgan fingerprint density at radius 2 is 1.90 bits per heavy atom. The summed E-state index contributed by atoms with van der Waals surface area (Å²) in [6, 6.07) is 7.36. The Morgan fingerprint density at radius 1 is 1.19 bits per heavy atom. The van der Waals surface area contributed by atoms with Crippen LogP contribution in [0.3, 0.4) is 0 Å². The number of rotatable bonds is 3. The van der Waals surface area contributed by atoms with Gasteiger partial charge >= 0.3 is 6.09 Å². The van der Waals surface area contributed by atoms with Gasteiger partial charge in [-0.2, -0.15) is 0 Å². The molecule has 8 heteroatoms. The third-order valence-corrected chi connectivity index (χ3v) is 2.58. The first-order chi connectivity index (χ1) is 10.0. The van der Waals surface area contributed by atoms with Gasteiger partial charge in [0, 0.05) is 16.0 Å². The van der Waals surface area contributed by atoms with Crippen molar-refractivity contribution >= 4 is 11.8 Å². The second-order valence-corrected chi connectivity index (χ2v) is 3.89. The van der Waals surface area contributed by atoms with Crippen molar-refractivity contribution in [1.29, 1.82) is 0 Å². The monoisotopic (exact) mass is 290 g/mol. The number of carbonyl (C=O) groups is 1. The van der Waals surface area contributed by atoms with Crippen LogP contribution in [0.1, 0.15) is 0 Å². The Labute approximate surface area is 117 Å². The second kappa shape index (κ2) is 5.89. The summed E-state index contributed by atoms with van der Waals surface area (Å²) >= 11 is 0. The molecule has 0 aliphatic heterocycles. The Bertz CT molecular complexity index is 758. The van der Waals surface area contributed by atoms with Crippen molar-refractivity contribution in [3.63, 3.8) is 0 Å². The summed E-state index contributed by atoms with van der Waals surface area (Å²) in [5.41, 5.74) is 12.8. The minimum atomic E-state index is -1.17. The molecule has 2 aromatic rings. The molecule has 0 radical (unpaired) electrons. The third-order valence-electron chi connectivity index (χ3n) is 2.58. The first-order valence-electron chi connectivity index (χ1n) is 5.63. The van der Waals surface area contributed by atoms with Crippen molar-refractivity contribution in [1.82, 2.24) is 0 Å². The maximum atomic E-state index is 14.0. The summed E-state index contributed by atoms with van der Waals surface area (Å²) in [7, 11) is 0. The van der Waals surface area contributed by atoms with Crippen LogP contribution in [-0.4, -0.2) is 6.09 Å². The number of carbonyl (C=O) groups excluding carboxylic acids is 1. The van der Waals surface area contributed by atoms with Gasteiger partial charge in [0.15, 0.2) is 0 Å². The van der Waals surface area contributed by atoms with Gasteiger partial charge in [-0.15, -0.1) is 0 Å². The van der Waals surface area contributed by atoms with E-state index >= 15 is 0 Å². The Balaban J connectivity index is 2.65. The Morgan fingerprint density at radius 3 is 2.52 bits per heavy atom. The minimum absolute atomic E-state index is 0.0307. The zero-order valence-electron chi connectivity index (χ0n) is 10.5. The summed E-state index contributed by atoms with van der Waals surface area (Å²) < 4.78 is 32.4. The summed E-state index contributed by atoms with van der Waals surface area (Å²) in [5.74, 6) is -1.75. The highest BCUT2D eigenvalue weighted by Gasteiger charge is 2.15. The summed E-state index contributed by atoms with van der Waals surface area (Å²) in [6.07, 6.45) is -1.17. The van der Waals surface area contributed by atoms with E-state index in [4.69, 9.17) is 11.3 Å². The van der Waals surface area contributed by atoms with Crippen LogP contribution in [0.2, 0.25) is 0 Å². The lowest BCUT2D eigenvalue weighted by Gasteiger charge is -2.10. The first kappa shape index (κ1) is 14.3. The number of halogens is 2. The van der Waals surface area contributed by atoms with E-state index in [0.29, 0.717) is 0 Å². The molecule has 0 unspecified atom stereocenters. The third kappa shape index (κ3) is 3.07. The largest absolute Gasteiger partial charge is 0.410 e. The van der Waals surface area contributed by atoms with E-state index in [2.05, 4.69) is 14.8 Å². The van der Waals surface area contributed by atoms with E-state index in [1.54, 1.807) is 0 Å². The van der Waals surface area contributed by atoms with Crippen LogP contribution in [-0.2, 0) is 0 Å². The predicted octanol–water partition coefficient (Wildman–Crippen LogP) is 4.03. The van der Waals surface area contributed by atoms with E-state index in [0.717, 1.165) is 18.2 Å². The minimum Gasteiger partial charge on any atom is -0.410 e. The lowest BCUT2D eigenvalue weighted by molar-refractivity contribution is 0.211. The molecule has 0 saturated carbocycles. The molecule has 6 nitrogen and oxygen atoms in total. The van der Waals surface area contributed by atoms with Gasteiger partial charge in [-0.1, -0.05) is 23.3 Å². The quantitative estimate of drug-likeness (QED) is 0.524. The van der Waals surface area contributed by atoms with Crippen molar-refractivity contribution in [3.05, 3.63) is 58.5 Å². The molecular weight excluding hydrogens is 282 g/mol. The molecule has 106 valence electrons. The average Bonchev–Trinajstić information content (AvgIpc) is 2.42. The molecule has 0 saturated heterocycles. The van der Waals surface area contributed by atoms with Crippen LogP contribution in [0.15, 0.2) is 41.5 Å². The summed E-state index contributed by atoms with van der Waals surface area (Å²) in [4.78, 5) is 13.3. The second-order valence-electron chi connectivity index (χ2n) is 3.89. The van der Waals surface area contributed by atoms with Crippen LogP contribution in [0.25, 0.3) is 21.6 Å². The first-order valence-corrected chi connectivity index (χ1v) is 5.63. The van der Waals surface area contributed by atoms with Gasteiger partial charge in [-0.25, -0.2) is 13.6 Å². The van der Waals surface area contributed by atoms with Gasteiger partial charge in [0.05, 0.1) is 5.69 Å². The number of nitrogens with zero attached hydrogens (tertiary/aromatic N) is 3. The number of nitrogens with two attached hydrogens (primary N) is 1. The van der Waals surface area contributed by atoms with Gasteiger partial charge < -0.3 is 10.5 Å². The number of ether oxygens (including phenoxy) is 1. The van der Waals surface area contributed by atoms with Crippen molar-refractivity contribution < 1.29 is 18.3 Å². The number of amides is 1. The molecule has 0 bridgehead atoms. The molecule has 21 heavy (non-hydrogen) atoms. The highest BCUT2D eigenvalue weighted by molar-refractivity contribution is 5.75. The SMILES string of the molecule is [N-]=[N+]=Nc1cc(F)c(-c2ccccc2F)cc1OC(N)=O. The van der Waals surface area contributed by atoms with E-state index in [1.165, 1.54) is 18.2 Å². The van der Waals surface area contributed by atoms with Gasteiger partial charge in [-0.05, 0) is 23.7 Å². The molecule has 1 amide bonds. The topological polar surface area (TPSA) is 101 Å². The number of benzene rings is 2. The van der Waals surface area contributed by atoms with Crippen LogP contribution < -0.4 is 10.5 Å². The molecule has 2 aromatic carbocycles. The zero-order chi connectivity index (χ0) is 15.4. The lowest BCUT2D eigenvalue weighted by atomic mass is 10.0. The van der Waals surface area contributed by atoms with E-state index in [1.807, 2.05) is 0 Å². The lowest BCUT2D eigenvalue weighted by Crippen LogP contribution is -2.16. The van der Waals surface area contributed by atoms with Gasteiger partial charge in [-0.3, -0.25) is 0 Å². The fourth-order valence-electron chi connectivity index (χ4n) is 1.75. The molecule has 0 heterocycles. The fourth-order valence-corrected chi connectivity index (χ4v) is 1.75.